The van der Waals surface area contributed by atoms with Crippen molar-refractivity contribution in [3.8, 4) is 0 Å². The number of hydrogen-bond acceptors (Lipinski definition) is 2. The van der Waals surface area contributed by atoms with Crippen molar-refractivity contribution < 1.29 is 0 Å². The third-order valence-corrected chi connectivity index (χ3v) is 3.16. The molecule has 0 spiro atoms. The van der Waals surface area contributed by atoms with Crippen LogP contribution in [-0.4, -0.2) is 22.6 Å². The lowest BCUT2D eigenvalue weighted by Gasteiger charge is -2.10. The summed E-state index contributed by atoms with van der Waals surface area (Å²) in [4.78, 5) is 4.34. The van der Waals surface area contributed by atoms with Crippen LogP contribution in [0.2, 0.25) is 0 Å². The molecule has 0 aliphatic carbocycles. The summed E-state index contributed by atoms with van der Waals surface area (Å²) in [5, 5.41) is 3.40. The van der Waals surface area contributed by atoms with E-state index in [2.05, 4.69) is 33.2 Å². The fraction of sp³-hybridized carbons (Fsp3) is 0.417. The van der Waals surface area contributed by atoms with Crippen molar-refractivity contribution in [2.75, 3.05) is 13.1 Å². The molecule has 1 saturated heterocycles. The van der Waals surface area contributed by atoms with Crippen LogP contribution in [0.15, 0.2) is 30.6 Å². The first-order valence-electron chi connectivity index (χ1n) is 5.54. The lowest BCUT2D eigenvalue weighted by molar-refractivity contribution is 0.491. The Morgan fingerprint density at radius 2 is 2.47 bits per heavy atom. The number of fused-ring (bicyclic) bond motifs is 1. The van der Waals surface area contributed by atoms with Gasteiger partial charge in [0.25, 0.3) is 0 Å². The van der Waals surface area contributed by atoms with Crippen LogP contribution < -0.4 is 5.32 Å². The summed E-state index contributed by atoms with van der Waals surface area (Å²) in [5.74, 6) is 0.779. The zero-order chi connectivity index (χ0) is 10.1. The number of pyridine rings is 1. The Kier molecular flexibility index (Phi) is 2.18. The molecule has 1 fully saturated rings. The molecular formula is C12H15N3. The van der Waals surface area contributed by atoms with Gasteiger partial charge in [-0.15, -0.1) is 0 Å². The maximum Gasteiger partial charge on any atom is 0.0880 e. The van der Waals surface area contributed by atoms with Crippen LogP contribution in [0.1, 0.15) is 6.42 Å². The molecule has 1 atom stereocenters. The Hall–Kier alpha value is -1.35. The topological polar surface area (TPSA) is 29.9 Å². The summed E-state index contributed by atoms with van der Waals surface area (Å²) in [6.07, 6.45) is 5.29. The van der Waals surface area contributed by atoms with Gasteiger partial charge in [0.05, 0.1) is 11.0 Å². The highest BCUT2D eigenvalue weighted by Gasteiger charge is 2.15. The van der Waals surface area contributed by atoms with Crippen LogP contribution in [0.5, 0.6) is 0 Å². The quantitative estimate of drug-likeness (QED) is 0.800. The van der Waals surface area contributed by atoms with Crippen LogP contribution in [0, 0.1) is 5.92 Å². The van der Waals surface area contributed by atoms with Gasteiger partial charge < -0.3 is 9.88 Å². The minimum absolute atomic E-state index is 0.779. The van der Waals surface area contributed by atoms with Gasteiger partial charge in [0.1, 0.15) is 0 Å². The molecular weight excluding hydrogens is 186 g/mol. The Labute approximate surface area is 89.1 Å². The third kappa shape index (κ3) is 1.63. The van der Waals surface area contributed by atoms with Crippen LogP contribution in [0.25, 0.3) is 11.0 Å². The molecule has 3 heterocycles. The van der Waals surface area contributed by atoms with Crippen molar-refractivity contribution >= 4 is 11.0 Å². The molecule has 1 aliphatic heterocycles. The number of aromatic nitrogens is 2. The Morgan fingerprint density at radius 3 is 3.33 bits per heavy atom. The Balaban J connectivity index is 1.90. The van der Waals surface area contributed by atoms with Crippen molar-refractivity contribution in [2.24, 2.45) is 5.92 Å². The van der Waals surface area contributed by atoms with E-state index in [0.717, 1.165) is 24.5 Å². The fourth-order valence-electron chi connectivity index (χ4n) is 2.33. The lowest BCUT2D eigenvalue weighted by Crippen LogP contribution is -2.13. The summed E-state index contributed by atoms with van der Waals surface area (Å²) >= 11 is 0. The smallest absolute Gasteiger partial charge is 0.0880 e. The Bertz CT molecular complexity index is 455. The molecule has 0 saturated carbocycles. The van der Waals surface area contributed by atoms with Gasteiger partial charge in [0.15, 0.2) is 0 Å². The van der Waals surface area contributed by atoms with Crippen LogP contribution >= 0.6 is 0 Å². The van der Waals surface area contributed by atoms with Crippen molar-refractivity contribution in [1.82, 2.24) is 14.9 Å². The molecule has 1 unspecified atom stereocenters. The molecule has 0 bridgehead atoms. The van der Waals surface area contributed by atoms with Gasteiger partial charge in [-0.25, -0.2) is 0 Å². The van der Waals surface area contributed by atoms with E-state index in [1.165, 1.54) is 18.5 Å². The molecule has 0 radical (unpaired) electrons. The van der Waals surface area contributed by atoms with Crippen molar-refractivity contribution in [3.63, 3.8) is 0 Å². The summed E-state index contributed by atoms with van der Waals surface area (Å²) in [5.41, 5.74) is 2.35. The van der Waals surface area contributed by atoms with Crippen molar-refractivity contribution in [1.29, 1.82) is 0 Å². The number of rotatable bonds is 2. The van der Waals surface area contributed by atoms with Crippen LogP contribution in [0.3, 0.4) is 0 Å². The van der Waals surface area contributed by atoms with E-state index in [1.807, 2.05) is 12.3 Å². The van der Waals surface area contributed by atoms with Crippen molar-refractivity contribution in [2.45, 2.75) is 13.0 Å². The lowest BCUT2D eigenvalue weighted by atomic mass is 10.1. The largest absolute Gasteiger partial charge is 0.346 e. The summed E-state index contributed by atoms with van der Waals surface area (Å²) < 4.78 is 2.32. The summed E-state index contributed by atoms with van der Waals surface area (Å²) in [6.45, 7) is 3.43. The first-order chi connectivity index (χ1) is 7.43. The van der Waals surface area contributed by atoms with Gasteiger partial charge in [0, 0.05) is 18.9 Å². The summed E-state index contributed by atoms with van der Waals surface area (Å²) in [6, 6.07) is 6.24. The van der Waals surface area contributed by atoms with Gasteiger partial charge in [-0.1, -0.05) is 0 Å². The molecule has 78 valence electrons. The zero-order valence-electron chi connectivity index (χ0n) is 8.69. The predicted octanol–water partition coefficient (Wildman–Crippen LogP) is 1.65. The molecule has 0 aromatic carbocycles. The average molecular weight is 201 g/mol. The molecule has 3 rings (SSSR count). The van der Waals surface area contributed by atoms with E-state index in [1.54, 1.807) is 0 Å². The van der Waals surface area contributed by atoms with E-state index >= 15 is 0 Å². The normalized spacial score (nSPS) is 21.2. The molecule has 0 amide bonds. The van der Waals surface area contributed by atoms with Gasteiger partial charge >= 0.3 is 0 Å². The maximum atomic E-state index is 4.34. The second-order valence-corrected chi connectivity index (χ2v) is 4.23. The molecule has 1 N–H and O–H groups in total. The highest BCUT2D eigenvalue weighted by atomic mass is 15.0. The second-order valence-electron chi connectivity index (χ2n) is 4.23. The highest BCUT2D eigenvalue weighted by Crippen LogP contribution is 2.17. The molecule has 2 aromatic heterocycles. The molecule has 15 heavy (non-hydrogen) atoms. The molecule has 3 heteroatoms. The van der Waals surface area contributed by atoms with Crippen LogP contribution in [-0.2, 0) is 6.54 Å². The summed E-state index contributed by atoms with van der Waals surface area (Å²) in [7, 11) is 0. The Morgan fingerprint density at radius 1 is 1.47 bits per heavy atom. The first-order valence-corrected chi connectivity index (χ1v) is 5.54. The van der Waals surface area contributed by atoms with Gasteiger partial charge in [0.2, 0.25) is 0 Å². The van der Waals surface area contributed by atoms with E-state index in [9.17, 15) is 0 Å². The number of nitrogens with zero attached hydrogens (tertiary/aromatic N) is 2. The predicted molar refractivity (Wildman–Crippen MR) is 60.7 cm³/mol. The molecule has 1 aliphatic rings. The molecule has 2 aromatic rings. The SMILES string of the molecule is c1cnc2ccn(CC3CCNC3)c2c1. The second kappa shape index (κ2) is 3.66. The van der Waals surface area contributed by atoms with E-state index < -0.39 is 0 Å². The van der Waals surface area contributed by atoms with E-state index in [4.69, 9.17) is 0 Å². The number of nitrogens with one attached hydrogen (secondary N) is 1. The minimum atomic E-state index is 0.779. The van der Waals surface area contributed by atoms with E-state index in [-0.39, 0.29) is 0 Å². The fourth-order valence-corrected chi connectivity index (χ4v) is 2.33. The van der Waals surface area contributed by atoms with Gasteiger partial charge in [-0.2, -0.15) is 0 Å². The van der Waals surface area contributed by atoms with E-state index in [0.29, 0.717) is 0 Å². The molecule has 3 nitrogen and oxygen atoms in total. The monoisotopic (exact) mass is 201 g/mol. The zero-order valence-corrected chi connectivity index (χ0v) is 8.69. The minimum Gasteiger partial charge on any atom is -0.346 e. The maximum absolute atomic E-state index is 4.34. The standard InChI is InChI=1S/C12H15N3/c1-2-12-11(14-5-1)4-7-15(12)9-10-3-6-13-8-10/h1-2,4-5,7,10,13H,3,6,8-9H2. The number of hydrogen-bond donors (Lipinski definition) is 1. The third-order valence-electron chi connectivity index (χ3n) is 3.16. The van der Waals surface area contributed by atoms with Crippen LogP contribution in [0.4, 0.5) is 0 Å². The first kappa shape index (κ1) is 8.92. The van der Waals surface area contributed by atoms with Gasteiger partial charge in [-0.3, -0.25) is 4.98 Å². The van der Waals surface area contributed by atoms with Crippen molar-refractivity contribution in [3.05, 3.63) is 30.6 Å². The highest BCUT2D eigenvalue weighted by molar-refractivity contribution is 5.75. The average Bonchev–Trinajstić information content (AvgIpc) is 2.89. The van der Waals surface area contributed by atoms with Gasteiger partial charge in [-0.05, 0) is 43.6 Å².